The van der Waals surface area contributed by atoms with Crippen molar-refractivity contribution in [2.45, 2.75) is 46.1 Å². The summed E-state index contributed by atoms with van der Waals surface area (Å²) < 4.78 is 5.96. The van der Waals surface area contributed by atoms with E-state index in [0.717, 1.165) is 44.1 Å². The van der Waals surface area contributed by atoms with E-state index in [0.29, 0.717) is 0 Å². The highest BCUT2D eigenvalue weighted by Gasteiger charge is 2.19. The van der Waals surface area contributed by atoms with Crippen molar-refractivity contribution in [3.8, 4) is 5.88 Å². The summed E-state index contributed by atoms with van der Waals surface area (Å²) in [7, 11) is 2.15. The van der Waals surface area contributed by atoms with Crippen molar-refractivity contribution in [2.75, 3.05) is 20.1 Å². The summed E-state index contributed by atoms with van der Waals surface area (Å²) in [6.07, 6.45) is 3.19. The lowest BCUT2D eigenvalue weighted by Gasteiger charge is -2.16. The van der Waals surface area contributed by atoms with Gasteiger partial charge in [0.05, 0.1) is 11.8 Å². The molecule has 1 aliphatic rings. The molecule has 0 aromatic carbocycles. The van der Waals surface area contributed by atoms with Gasteiger partial charge in [-0.15, -0.1) is 0 Å². The molecular weight excluding hydrogens is 226 g/mol. The first-order valence-electron chi connectivity index (χ1n) is 6.81. The van der Waals surface area contributed by atoms with Gasteiger partial charge in [-0.1, -0.05) is 6.92 Å². The van der Waals surface area contributed by atoms with E-state index in [2.05, 4.69) is 35.8 Å². The molecule has 4 nitrogen and oxygen atoms in total. The zero-order valence-corrected chi connectivity index (χ0v) is 11.9. The molecule has 0 bridgehead atoms. The highest BCUT2D eigenvalue weighted by atomic mass is 16.5. The highest BCUT2D eigenvalue weighted by Crippen LogP contribution is 2.24. The van der Waals surface area contributed by atoms with Gasteiger partial charge in [-0.05, 0) is 33.7 Å². The zero-order chi connectivity index (χ0) is 13.1. The minimum Gasteiger partial charge on any atom is -0.474 e. The standard InChI is InChI=1S/C14H23N3O/c1-5-10(2)18-14-12-6-8-17(4)9-7-13(12)15-11(3)16-14/h10H,5-9H2,1-4H3. The molecule has 0 N–H and O–H groups in total. The van der Waals surface area contributed by atoms with E-state index < -0.39 is 0 Å². The van der Waals surface area contributed by atoms with Crippen LogP contribution >= 0.6 is 0 Å². The van der Waals surface area contributed by atoms with Gasteiger partial charge in [0.25, 0.3) is 0 Å². The molecule has 4 heteroatoms. The van der Waals surface area contributed by atoms with Crippen LogP contribution in [0, 0.1) is 6.92 Å². The molecule has 1 atom stereocenters. The van der Waals surface area contributed by atoms with Gasteiger partial charge in [-0.2, -0.15) is 4.98 Å². The Kier molecular flexibility index (Phi) is 4.17. The van der Waals surface area contributed by atoms with Crippen LogP contribution in [0.25, 0.3) is 0 Å². The molecule has 1 aromatic rings. The third kappa shape index (κ3) is 2.99. The molecule has 0 fully saturated rings. The van der Waals surface area contributed by atoms with Gasteiger partial charge < -0.3 is 9.64 Å². The average molecular weight is 249 g/mol. The van der Waals surface area contributed by atoms with Gasteiger partial charge in [0.15, 0.2) is 0 Å². The van der Waals surface area contributed by atoms with Crippen molar-refractivity contribution in [3.05, 3.63) is 17.1 Å². The predicted octanol–water partition coefficient (Wildman–Crippen LogP) is 1.99. The van der Waals surface area contributed by atoms with Crippen molar-refractivity contribution < 1.29 is 4.74 Å². The minimum atomic E-state index is 0.212. The fourth-order valence-corrected chi connectivity index (χ4v) is 2.17. The predicted molar refractivity (Wildman–Crippen MR) is 72.1 cm³/mol. The van der Waals surface area contributed by atoms with Crippen molar-refractivity contribution in [2.24, 2.45) is 0 Å². The number of aromatic nitrogens is 2. The van der Waals surface area contributed by atoms with Gasteiger partial charge in [0.2, 0.25) is 5.88 Å². The van der Waals surface area contributed by atoms with Crippen LogP contribution in [0.4, 0.5) is 0 Å². The third-order valence-corrected chi connectivity index (χ3v) is 3.53. The van der Waals surface area contributed by atoms with Crippen LogP contribution in [0.5, 0.6) is 5.88 Å². The first kappa shape index (κ1) is 13.3. The molecular formula is C14H23N3O. The lowest BCUT2D eigenvalue weighted by Crippen LogP contribution is -2.20. The van der Waals surface area contributed by atoms with Crippen LogP contribution in [0.3, 0.4) is 0 Å². The summed E-state index contributed by atoms with van der Waals surface area (Å²) in [5.74, 6) is 1.62. The molecule has 2 rings (SSSR count). The Morgan fingerprint density at radius 2 is 2.00 bits per heavy atom. The van der Waals surface area contributed by atoms with Gasteiger partial charge in [-0.25, -0.2) is 4.98 Å². The van der Waals surface area contributed by atoms with Crippen molar-refractivity contribution in [1.82, 2.24) is 14.9 Å². The van der Waals surface area contributed by atoms with E-state index in [-0.39, 0.29) is 6.10 Å². The fraction of sp³-hybridized carbons (Fsp3) is 0.714. The Balaban J connectivity index is 2.32. The number of hydrogen-bond donors (Lipinski definition) is 0. The number of ether oxygens (including phenoxy) is 1. The molecule has 0 amide bonds. The van der Waals surface area contributed by atoms with Crippen LogP contribution in [-0.2, 0) is 12.8 Å². The maximum atomic E-state index is 5.96. The van der Waals surface area contributed by atoms with Crippen molar-refractivity contribution in [1.29, 1.82) is 0 Å². The number of rotatable bonds is 3. The third-order valence-electron chi connectivity index (χ3n) is 3.53. The van der Waals surface area contributed by atoms with Crippen molar-refractivity contribution in [3.63, 3.8) is 0 Å². The van der Waals surface area contributed by atoms with Gasteiger partial charge >= 0.3 is 0 Å². The Hall–Kier alpha value is -1.16. The summed E-state index contributed by atoms with van der Waals surface area (Å²) in [5, 5.41) is 0. The number of aryl methyl sites for hydroxylation is 1. The lowest BCUT2D eigenvalue weighted by atomic mass is 10.1. The molecule has 100 valence electrons. The maximum absolute atomic E-state index is 5.96. The first-order valence-corrected chi connectivity index (χ1v) is 6.81. The molecule has 1 aliphatic heterocycles. The molecule has 1 unspecified atom stereocenters. The second-order valence-corrected chi connectivity index (χ2v) is 5.14. The number of fused-ring (bicyclic) bond motifs is 1. The summed E-state index contributed by atoms with van der Waals surface area (Å²) in [4.78, 5) is 11.4. The van der Waals surface area contributed by atoms with E-state index in [1.165, 1.54) is 11.3 Å². The van der Waals surface area contributed by atoms with E-state index in [1.54, 1.807) is 0 Å². The van der Waals surface area contributed by atoms with Crippen LogP contribution in [0.15, 0.2) is 0 Å². The van der Waals surface area contributed by atoms with Crippen molar-refractivity contribution >= 4 is 0 Å². The fourth-order valence-electron chi connectivity index (χ4n) is 2.17. The minimum absolute atomic E-state index is 0.212. The SMILES string of the molecule is CCC(C)Oc1nc(C)nc2c1CCN(C)CC2. The normalized spacial score (nSPS) is 18.0. The quantitative estimate of drug-likeness (QED) is 0.821. The Morgan fingerprint density at radius 3 is 2.72 bits per heavy atom. The topological polar surface area (TPSA) is 38.3 Å². The molecule has 1 aromatic heterocycles. The Bertz CT molecular complexity index is 420. The molecule has 0 radical (unpaired) electrons. The number of nitrogens with zero attached hydrogens (tertiary/aromatic N) is 3. The molecule has 0 saturated heterocycles. The smallest absolute Gasteiger partial charge is 0.220 e. The largest absolute Gasteiger partial charge is 0.474 e. The Labute approximate surface area is 109 Å². The first-order chi connectivity index (χ1) is 8.60. The molecule has 0 saturated carbocycles. The van der Waals surface area contributed by atoms with Gasteiger partial charge in [-0.3, -0.25) is 0 Å². The summed E-state index contributed by atoms with van der Waals surface area (Å²) >= 11 is 0. The maximum Gasteiger partial charge on any atom is 0.220 e. The van der Waals surface area contributed by atoms with Gasteiger partial charge in [0, 0.05) is 25.1 Å². The number of likely N-dealkylation sites (N-methyl/N-ethyl adjacent to an activating group) is 1. The monoisotopic (exact) mass is 249 g/mol. The van der Waals surface area contributed by atoms with E-state index in [1.807, 2.05) is 6.92 Å². The van der Waals surface area contributed by atoms with Crippen LogP contribution in [-0.4, -0.2) is 41.1 Å². The van der Waals surface area contributed by atoms with E-state index in [4.69, 9.17) is 4.74 Å². The zero-order valence-electron chi connectivity index (χ0n) is 11.9. The Morgan fingerprint density at radius 1 is 1.28 bits per heavy atom. The summed E-state index contributed by atoms with van der Waals surface area (Å²) in [5.41, 5.74) is 2.38. The van der Waals surface area contributed by atoms with E-state index in [9.17, 15) is 0 Å². The van der Waals surface area contributed by atoms with Crippen LogP contribution in [0.2, 0.25) is 0 Å². The van der Waals surface area contributed by atoms with Gasteiger partial charge in [0.1, 0.15) is 5.82 Å². The molecule has 0 spiro atoms. The average Bonchev–Trinajstić information content (AvgIpc) is 2.52. The van der Waals surface area contributed by atoms with Crippen LogP contribution < -0.4 is 4.74 Å². The highest BCUT2D eigenvalue weighted by molar-refractivity contribution is 5.32. The second-order valence-electron chi connectivity index (χ2n) is 5.14. The lowest BCUT2D eigenvalue weighted by molar-refractivity contribution is 0.205. The molecule has 0 aliphatic carbocycles. The van der Waals surface area contributed by atoms with Crippen LogP contribution in [0.1, 0.15) is 37.4 Å². The summed E-state index contributed by atoms with van der Waals surface area (Å²) in [6, 6.07) is 0. The van der Waals surface area contributed by atoms with E-state index >= 15 is 0 Å². The second kappa shape index (κ2) is 5.65. The number of hydrogen-bond acceptors (Lipinski definition) is 4. The molecule has 18 heavy (non-hydrogen) atoms. The summed E-state index contributed by atoms with van der Waals surface area (Å²) in [6.45, 7) is 8.28. The molecule has 2 heterocycles.